The molecule has 0 saturated carbocycles. The minimum absolute atomic E-state index is 0.0787. The first kappa shape index (κ1) is 7.34. The molecule has 0 aliphatic carbocycles. The quantitative estimate of drug-likeness (QED) is 0.522. The molecule has 0 heterocycles. The SMILES string of the molecule is CCC(C=N)C(C)=N. The van der Waals surface area contributed by atoms with E-state index in [0.29, 0.717) is 5.71 Å². The van der Waals surface area contributed by atoms with E-state index in [4.69, 9.17) is 10.8 Å². The van der Waals surface area contributed by atoms with Crippen LogP contribution >= 0.6 is 0 Å². The lowest BCUT2D eigenvalue weighted by Crippen LogP contribution is -2.08. The molecule has 0 radical (unpaired) electrons. The van der Waals surface area contributed by atoms with Crippen LogP contribution in [-0.4, -0.2) is 11.9 Å². The standard InChI is InChI=1S/C6H12N2/c1-3-6(4-7)5(2)8/h4,6-8H,3H2,1-2H3. The fourth-order valence-corrected chi connectivity index (χ4v) is 0.549. The van der Waals surface area contributed by atoms with E-state index in [9.17, 15) is 0 Å². The van der Waals surface area contributed by atoms with Gasteiger partial charge in [-0.3, -0.25) is 0 Å². The van der Waals surface area contributed by atoms with Gasteiger partial charge in [-0.1, -0.05) is 6.92 Å². The largest absolute Gasteiger partial charge is 0.312 e. The summed E-state index contributed by atoms with van der Waals surface area (Å²) in [5.74, 6) is 0.0787. The van der Waals surface area contributed by atoms with Gasteiger partial charge < -0.3 is 10.8 Å². The van der Waals surface area contributed by atoms with E-state index >= 15 is 0 Å². The van der Waals surface area contributed by atoms with Gasteiger partial charge in [0.2, 0.25) is 0 Å². The van der Waals surface area contributed by atoms with Gasteiger partial charge in [0.05, 0.1) is 0 Å². The number of nitrogens with one attached hydrogen (secondary N) is 2. The average molecular weight is 112 g/mol. The molecule has 0 spiro atoms. The van der Waals surface area contributed by atoms with Crippen molar-refractivity contribution in [2.45, 2.75) is 20.3 Å². The molecule has 1 atom stereocenters. The van der Waals surface area contributed by atoms with Crippen molar-refractivity contribution >= 4 is 11.9 Å². The Morgan fingerprint density at radius 1 is 1.75 bits per heavy atom. The van der Waals surface area contributed by atoms with E-state index in [-0.39, 0.29) is 5.92 Å². The Bertz CT molecular complexity index is 96.7. The second kappa shape index (κ2) is 3.36. The number of rotatable bonds is 3. The second-order valence-corrected chi connectivity index (χ2v) is 1.86. The van der Waals surface area contributed by atoms with Crippen LogP contribution in [0.1, 0.15) is 20.3 Å². The maximum atomic E-state index is 7.10. The van der Waals surface area contributed by atoms with Gasteiger partial charge in [-0.05, 0) is 13.3 Å². The molecule has 0 aromatic carbocycles. The molecule has 46 valence electrons. The monoisotopic (exact) mass is 112 g/mol. The normalized spacial score (nSPS) is 12.8. The first-order chi connectivity index (χ1) is 3.72. The Balaban J connectivity index is 3.69. The third-order valence-corrected chi connectivity index (χ3v) is 1.20. The first-order valence-electron chi connectivity index (χ1n) is 2.78. The zero-order chi connectivity index (χ0) is 6.57. The highest BCUT2D eigenvalue weighted by atomic mass is 14.4. The fourth-order valence-electron chi connectivity index (χ4n) is 0.549. The number of hydrogen-bond donors (Lipinski definition) is 2. The zero-order valence-electron chi connectivity index (χ0n) is 5.36. The maximum absolute atomic E-state index is 7.10. The van der Waals surface area contributed by atoms with Crippen LogP contribution in [0.25, 0.3) is 0 Å². The second-order valence-electron chi connectivity index (χ2n) is 1.86. The van der Waals surface area contributed by atoms with E-state index in [1.54, 1.807) is 6.92 Å². The van der Waals surface area contributed by atoms with Crippen LogP contribution < -0.4 is 0 Å². The predicted octanol–water partition coefficient (Wildman–Crippen LogP) is 1.70. The van der Waals surface area contributed by atoms with E-state index in [1.165, 1.54) is 6.21 Å². The Kier molecular flexibility index (Phi) is 3.08. The zero-order valence-corrected chi connectivity index (χ0v) is 5.36. The van der Waals surface area contributed by atoms with Crippen molar-refractivity contribution in [1.29, 1.82) is 10.8 Å². The molecule has 8 heavy (non-hydrogen) atoms. The average Bonchev–Trinajstić information content (AvgIpc) is 1.69. The minimum Gasteiger partial charge on any atom is -0.312 e. The van der Waals surface area contributed by atoms with Crippen LogP contribution in [0.2, 0.25) is 0 Å². The third kappa shape index (κ3) is 1.87. The van der Waals surface area contributed by atoms with E-state index in [0.717, 1.165) is 6.42 Å². The van der Waals surface area contributed by atoms with Gasteiger partial charge in [-0.2, -0.15) is 0 Å². The van der Waals surface area contributed by atoms with Crippen molar-refractivity contribution in [3.63, 3.8) is 0 Å². The van der Waals surface area contributed by atoms with Crippen molar-refractivity contribution in [3.8, 4) is 0 Å². The van der Waals surface area contributed by atoms with Gasteiger partial charge in [0, 0.05) is 17.8 Å². The molecular formula is C6H12N2. The molecule has 0 bridgehead atoms. The third-order valence-electron chi connectivity index (χ3n) is 1.20. The van der Waals surface area contributed by atoms with Gasteiger partial charge in [0.15, 0.2) is 0 Å². The molecule has 0 saturated heterocycles. The van der Waals surface area contributed by atoms with Crippen molar-refractivity contribution in [3.05, 3.63) is 0 Å². The molecule has 0 aliphatic heterocycles. The van der Waals surface area contributed by atoms with E-state index < -0.39 is 0 Å². The summed E-state index contributed by atoms with van der Waals surface area (Å²) in [6.45, 7) is 3.72. The summed E-state index contributed by atoms with van der Waals surface area (Å²) in [5, 5.41) is 13.9. The molecule has 2 nitrogen and oxygen atoms in total. The van der Waals surface area contributed by atoms with Gasteiger partial charge in [0.25, 0.3) is 0 Å². The summed E-state index contributed by atoms with van der Waals surface area (Å²) in [6.07, 6.45) is 2.20. The number of hydrogen-bond acceptors (Lipinski definition) is 2. The van der Waals surface area contributed by atoms with Crippen molar-refractivity contribution < 1.29 is 0 Å². The predicted molar refractivity (Wildman–Crippen MR) is 36.0 cm³/mol. The van der Waals surface area contributed by atoms with Crippen LogP contribution in [0, 0.1) is 16.7 Å². The minimum atomic E-state index is 0.0787. The topological polar surface area (TPSA) is 47.7 Å². The summed E-state index contributed by atoms with van der Waals surface area (Å²) < 4.78 is 0. The summed E-state index contributed by atoms with van der Waals surface area (Å²) in [6, 6.07) is 0. The Hall–Kier alpha value is -0.660. The highest BCUT2D eigenvalue weighted by Crippen LogP contribution is 1.98. The summed E-state index contributed by atoms with van der Waals surface area (Å²) >= 11 is 0. The van der Waals surface area contributed by atoms with Crippen LogP contribution in [0.15, 0.2) is 0 Å². The smallest absolute Gasteiger partial charge is 0.0307 e. The van der Waals surface area contributed by atoms with Crippen molar-refractivity contribution in [1.82, 2.24) is 0 Å². The molecule has 0 aromatic rings. The Morgan fingerprint density at radius 2 is 2.25 bits per heavy atom. The van der Waals surface area contributed by atoms with E-state index in [2.05, 4.69) is 0 Å². The summed E-state index contributed by atoms with van der Waals surface area (Å²) in [7, 11) is 0. The van der Waals surface area contributed by atoms with Crippen LogP contribution in [0.3, 0.4) is 0 Å². The fraction of sp³-hybridized carbons (Fsp3) is 0.667. The highest BCUT2D eigenvalue weighted by molar-refractivity contribution is 5.94. The molecule has 0 aliphatic rings. The molecule has 0 aromatic heterocycles. The lowest BCUT2D eigenvalue weighted by Gasteiger charge is -2.02. The molecule has 2 N–H and O–H groups in total. The molecule has 2 heteroatoms. The highest BCUT2D eigenvalue weighted by Gasteiger charge is 2.01. The molecule has 0 fully saturated rings. The summed E-state index contributed by atoms with van der Waals surface area (Å²) in [5.41, 5.74) is 0.586. The van der Waals surface area contributed by atoms with Crippen LogP contribution in [-0.2, 0) is 0 Å². The molecule has 0 rings (SSSR count). The molecular weight excluding hydrogens is 100 g/mol. The van der Waals surface area contributed by atoms with Crippen molar-refractivity contribution in [2.24, 2.45) is 5.92 Å². The van der Waals surface area contributed by atoms with E-state index in [1.807, 2.05) is 6.92 Å². The van der Waals surface area contributed by atoms with Crippen LogP contribution in [0.5, 0.6) is 0 Å². The Morgan fingerprint density at radius 3 is 2.25 bits per heavy atom. The van der Waals surface area contributed by atoms with Gasteiger partial charge in [-0.15, -0.1) is 0 Å². The first-order valence-corrected chi connectivity index (χ1v) is 2.78. The lowest BCUT2D eigenvalue weighted by atomic mass is 10.0. The maximum Gasteiger partial charge on any atom is 0.0307 e. The van der Waals surface area contributed by atoms with Gasteiger partial charge >= 0.3 is 0 Å². The Labute approximate surface area is 49.9 Å². The van der Waals surface area contributed by atoms with Crippen LogP contribution in [0.4, 0.5) is 0 Å². The molecule has 1 unspecified atom stereocenters. The summed E-state index contributed by atoms with van der Waals surface area (Å²) in [4.78, 5) is 0. The van der Waals surface area contributed by atoms with Gasteiger partial charge in [-0.25, -0.2) is 0 Å². The molecule has 0 amide bonds. The lowest BCUT2D eigenvalue weighted by molar-refractivity contribution is 0.858. The van der Waals surface area contributed by atoms with Crippen molar-refractivity contribution in [2.75, 3.05) is 0 Å². The van der Waals surface area contributed by atoms with Gasteiger partial charge in [0.1, 0.15) is 0 Å².